The average molecular weight is 379 g/mol. The Labute approximate surface area is 162 Å². The van der Waals surface area contributed by atoms with E-state index in [1.54, 1.807) is 13.3 Å². The van der Waals surface area contributed by atoms with Crippen molar-refractivity contribution in [1.29, 1.82) is 0 Å². The molecule has 2 N–H and O–H groups in total. The van der Waals surface area contributed by atoms with E-state index in [2.05, 4.69) is 57.8 Å². The highest BCUT2D eigenvalue weighted by Gasteiger charge is 2.07. The molecule has 0 radical (unpaired) electrons. The molecule has 0 aliphatic carbocycles. The van der Waals surface area contributed by atoms with Crippen LogP contribution in [0.3, 0.4) is 0 Å². The van der Waals surface area contributed by atoms with Crippen molar-refractivity contribution in [3.05, 3.63) is 75.2 Å². The van der Waals surface area contributed by atoms with Gasteiger partial charge in [-0.05, 0) is 48.7 Å². The molecule has 0 spiro atoms. The summed E-state index contributed by atoms with van der Waals surface area (Å²) in [7, 11) is 1.59. The second kappa shape index (κ2) is 8.81. The summed E-state index contributed by atoms with van der Waals surface area (Å²) in [6.07, 6.45) is 2.65. The molecule has 0 bridgehead atoms. The normalized spacial score (nSPS) is 10.8. The van der Waals surface area contributed by atoms with Crippen molar-refractivity contribution in [3.63, 3.8) is 0 Å². The average Bonchev–Trinajstić information content (AvgIpc) is 2.69. The summed E-state index contributed by atoms with van der Waals surface area (Å²) < 4.78 is 11.4. The topological polar surface area (TPSA) is 101 Å². The van der Waals surface area contributed by atoms with E-state index < -0.39 is 0 Å². The van der Waals surface area contributed by atoms with E-state index in [-0.39, 0.29) is 11.5 Å². The molecule has 0 atom stereocenters. The van der Waals surface area contributed by atoms with E-state index in [1.165, 1.54) is 11.1 Å². The Kier molecular flexibility index (Phi) is 6.01. The monoisotopic (exact) mass is 379 g/mol. The Balaban J connectivity index is 1.68. The fraction of sp³-hybridized carbons (Fsp3) is 0.200. The van der Waals surface area contributed by atoms with E-state index in [0.717, 1.165) is 17.3 Å². The largest absolute Gasteiger partial charge is 0.493 e. The smallest absolute Gasteiger partial charge is 0.271 e. The summed E-state index contributed by atoms with van der Waals surface area (Å²) in [4.78, 5) is 13.6. The van der Waals surface area contributed by atoms with Gasteiger partial charge in [-0.2, -0.15) is 5.10 Å². The number of methoxy groups -OCH3 is 1. The van der Waals surface area contributed by atoms with E-state index in [9.17, 15) is 4.79 Å². The van der Waals surface area contributed by atoms with Crippen LogP contribution in [-0.2, 0) is 6.61 Å². The van der Waals surface area contributed by atoms with Crippen LogP contribution < -0.4 is 20.5 Å². The number of aryl methyl sites for hydroxylation is 2. The van der Waals surface area contributed by atoms with E-state index in [0.29, 0.717) is 18.1 Å². The van der Waals surface area contributed by atoms with Crippen LogP contribution in [0.25, 0.3) is 0 Å². The molecule has 0 aliphatic heterocycles. The number of nitrogens with zero attached hydrogens (tertiary/aromatic N) is 3. The lowest BCUT2D eigenvalue weighted by Gasteiger charge is -2.13. The van der Waals surface area contributed by atoms with Crippen LogP contribution in [0.15, 0.2) is 52.5 Å². The molecule has 0 saturated heterocycles. The number of benzene rings is 2. The van der Waals surface area contributed by atoms with Crippen molar-refractivity contribution < 1.29 is 9.47 Å². The highest BCUT2D eigenvalue weighted by atomic mass is 16.5. The molecule has 0 unspecified atom stereocenters. The molecule has 144 valence electrons. The zero-order valence-electron chi connectivity index (χ0n) is 15.9. The number of aromatic amines is 1. The van der Waals surface area contributed by atoms with Crippen LogP contribution in [0.1, 0.15) is 22.3 Å². The molecular formula is C20H21N5O3. The van der Waals surface area contributed by atoms with Gasteiger partial charge < -0.3 is 9.47 Å². The molecule has 1 aromatic heterocycles. The van der Waals surface area contributed by atoms with Gasteiger partial charge in [-0.3, -0.25) is 9.78 Å². The zero-order valence-corrected chi connectivity index (χ0v) is 15.9. The Morgan fingerprint density at radius 2 is 2.04 bits per heavy atom. The quantitative estimate of drug-likeness (QED) is 0.483. The molecule has 0 saturated carbocycles. The first-order valence-corrected chi connectivity index (χ1v) is 8.63. The molecule has 3 aromatic rings. The minimum atomic E-state index is -0.361. The van der Waals surface area contributed by atoms with Gasteiger partial charge in [-0.15, -0.1) is 10.2 Å². The fourth-order valence-corrected chi connectivity index (χ4v) is 2.53. The van der Waals surface area contributed by atoms with Gasteiger partial charge in [0.25, 0.3) is 5.56 Å². The van der Waals surface area contributed by atoms with Crippen molar-refractivity contribution in [2.45, 2.75) is 20.5 Å². The first-order chi connectivity index (χ1) is 13.5. The predicted molar refractivity (Wildman–Crippen MR) is 107 cm³/mol. The number of aromatic nitrogens is 3. The number of hydrazone groups is 1. The van der Waals surface area contributed by atoms with Gasteiger partial charge >= 0.3 is 0 Å². The number of H-pyrrole nitrogens is 1. The van der Waals surface area contributed by atoms with Crippen LogP contribution in [0.5, 0.6) is 11.5 Å². The summed E-state index contributed by atoms with van der Waals surface area (Å²) in [6, 6.07) is 11.8. The standard InChI is InChI=1S/C20H21N5O3/c1-13-4-5-14(2)16(8-13)12-28-17-7-6-15(9-18(17)27-3)10-21-24-20-23-19(26)11-22-25-20/h4-11H,12H2,1-3H3,(H2,23,24,25,26)/b21-10+. The predicted octanol–water partition coefficient (Wildman–Crippen LogP) is 2.82. The Morgan fingerprint density at radius 3 is 2.82 bits per heavy atom. The van der Waals surface area contributed by atoms with Crippen LogP contribution in [-0.4, -0.2) is 28.5 Å². The lowest BCUT2D eigenvalue weighted by atomic mass is 10.1. The highest BCUT2D eigenvalue weighted by Crippen LogP contribution is 2.28. The number of hydrogen-bond acceptors (Lipinski definition) is 7. The Morgan fingerprint density at radius 1 is 1.18 bits per heavy atom. The lowest BCUT2D eigenvalue weighted by Crippen LogP contribution is -2.10. The maximum atomic E-state index is 11.2. The molecule has 28 heavy (non-hydrogen) atoms. The van der Waals surface area contributed by atoms with E-state index in [1.807, 2.05) is 18.2 Å². The van der Waals surface area contributed by atoms with Crippen molar-refractivity contribution >= 4 is 12.2 Å². The molecular weight excluding hydrogens is 358 g/mol. The van der Waals surface area contributed by atoms with Crippen molar-refractivity contribution in [1.82, 2.24) is 15.2 Å². The second-order valence-corrected chi connectivity index (χ2v) is 6.18. The summed E-state index contributed by atoms with van der Waals surface area (Å²) >= 11 is 0. The van der Waals surface area contributed by atoms with Crippen molar-refractivity contribution in [3.8, 4) is 11.5 Å². The molecule has 0 fully saturated rings. The Bertz CT molecular complexity index is 1050. The maximum Gasteiger partial charge on any atom is 0.271 e. The van der Waals surface area contributed by atoms with Crippen LogP contribution in [0.4, 0.5) is 5.95 Å². The third-order valence-corrected chi connectivity index (χ3v) is 4.03. The van der Waals surface area contributed by atoms with Crippen molar-refractivity contribution in [2.75, 3.05) is 12.5 Å². The van der Waals surface area contributed by atoms with Gasteiger partial charge in [0.15, 0.2) is 11.5 Å². The number of ether oxygens (including phenoxy) is 2. The summed E-state index contributed by atoms with van der Waals surface area (Å²) in [5.74, 6) is 1.40. The molecule has 0 amide bonds. The first-order valence-electron chi connectivity index (χ1n) is 8.63. The maximum absolute atomic E-state index is 11.2. The number of hydrogen-bond donors (Lipinski definition) is 2. The van der Waals surface area contributed by atoms with E-state index >= 15 is 0 Å². The van der Waals surface area contributed by atoms with Gasteiger partial charge in [0.1, 0.15) is 12.8 Å². The molecule has 8 nitrogen and oxygen atoms in total. The van der Waals surface area contributed by atoms with Crippen LogP contribution >= 0.6 is 0 Å². The molecule has 1 heterocycles. The summed E-state index contributed by atoms with van der Waals surface area (Å²) in [5.41, 5.74) is 6.55. The molecule has 0 aliphatic rings. The van der Waals surface area contributed by atoms with Crippen LogP contribution in [0, 0.1) is 13.8 Å². The second-order valence-electron chi connectivity index (χ2n) is 6.18. The first kappa shape index (κ1) is 19.1. The summed E-state index contributed by atoms with van der Waals surface area (Å²) in [5, 5.41) is 11.3. The SMILES string of the molecule is COc1cc(/C=N/Nc2nncc(=O)[nH]2)ccc1OCc1cc(C)ccc1C. The van der Waals surface area contributed by atoms with Gasteiger partial charge in [-0.1, -0.05) is 23.8 Å². The zero-order chi connectivity index (χ0) is 19.9. The fourth-order valence-electron chi connectivity index (χ4n) is 2.53. The Hall–Kier alpha value is -3.68. The van der Waals surface area contributed by atoms with Gasteiger partial charge in [0, 0.05) is 0 Å². The number of anilines is 1. The number of rotatable bonds is 7. The van der Waals surface area contributed by atoms with E-state index in [4.69, 9.17) is 9.47 Å². The summed E-state index contributed by atoms with van der Waals surface area (Å²) in [6.45, 7) is 4.58. The molecule has 3 rings (SSSR count). The van der Waals surface area contributed by atoms with Gasteiger partial charge in [-0.25, -0.2) is 5.43 Å². The minimum absolute atomic E-state index is 0.157. The third kappa shape index (κ3) is 4.94. The van der Waals surface area contributed by atoms with Crippen molar-refractivity contribution in [2.24, 2.45) is 5.10 Å². The van der Waals surface area contributed by atoms with Gasteiger partial charge in [0.05, 0.1) is 13.3 Å². The minimum Gasteiger partial charge on any atom is -0.493 e. The molecule has 8 heteroatoms. The molecule has 2 aromatic carbocycles. The van der Waals surface area contributed by atoms with Crippen LogP contribution in [0.2, 0.25) is 0 Å². The van der Waals surface area contributed by atoms with Gasteiger partial charge in [0.2, 0.25) is 5.95 Å². The number of nitrogens with one attached hydrogen (secondary N) is 2. The highest BCUT2D eigenvalue weighted by molar-refractivity contribution is 5.81. The lowest BCUT2D eigenvalue weighted by molar-refractivity contribution is 0.284. The third-order valence-electron chi connectivity index (χ3n) is 4.03.